The molecule has 0 aliphatic carbocycles. The van der Waals surface area contributed by atoms with Crippen molar-refractivity contribution in [2.45, 2.75) is 27.2 Å². The van der Waals surface area contributed by atoms with E-state index in [1.165, 1.54) is 0 Å². The van der Waals surface area contributed by atoms with Gasteiger partial charge in [0.05, 0.1) is 10.0 Å². The molecule has 0 aromatic heterocycles. The molecule has 0 unspecified atom stereocenters. The summed E-state index contributed by atoms with van der Waals surface area (Å²) in [4.78, 5) is 23.3. The van der Waals surface area contributed by atoms with Gasteiger partial charge >= 0.3 is 0 Å². The van der Waals surface area contributed by atoms with Crippen LogP contribution in [-0.4, -0.2) is 18.4 Å². The van der Waals surface area contributed by atoms with E-state index in [1.54, 1.807) is 18.2 Å². The molecule has 6 heteroatoms. The molecule has 2 amide bonds. The van der Waals surface area contributed by atoms with Crippen molar-refractivity contribution in [1.29, 1.82) is 0 Å². The van der Waals surface area contributed by atoms with Gasteiger partial charge in [-0.05, 0) is 18.2 Å². The molecule has 0 saturated carbocycles. The van der Waals surface area contributed by atoms with Crippen LogP contribution in [0.5, 0.6) is 0 Å². The van der Waals surface area contributed by atoms with Crippen molar-refractivity contribution in [3.8, 4) is 0 Å². The first-order valence-corrected chi connectivity index (χ1v) is 6.99. The van der Waals surface area contributed by atoms with Crippen LogP contribution in [0.15, 0.2) is 18.2 Å². The Balaban J connectivity index is 2.41. The molecule has 0 radical (unpaired) electrons. The number of benzene rings is 1. The molecule has 0 heterocycles. The second-order valence-electron chi connectivity index (χ2n) is 5.43. The molecule has 0 fully saturated rings. The maximum atomic E-state index is 11.7. The molecule has 110 valence electrons. The van der Waals surface area contributed by atoms with E-state index in [9.17, 15) is 9.59 Å². The van der Waals surface area contributed by atoms with E-state index in [0.29, 0.717) is 22.3 Å². The molecule has 1 aromatic carbocycles. The lowest BCUT2D eigenvalue weighted by Crippen LogP contribution is -2.36. The Labute approximate surface area is 128 Å². The predicted molar refractivity (Wildman–Crippen MR) is 82.2 cm³/mol. The summed E-state index contributed by atoms with van der Waals surface area (Å²) in [5.74, 6) is -0.280. The lowest BCUT2D eigenvalue weighted by Gasteiger charge is -2.17. The van der Waals surface area contributed by atoms with Crippen LogP contribution in [-0.2, 0) is 9.59 Å². The van der Waals surface area contributed by atoms with E-state index in [4.69, 9.17) is 23.2 Å². The Morgan fingerprint density at radius 3 is 2.35 bits per heavy atom. The summed E-state index contributed by atoms with van der Waals surface area (Å²) >= 11 is 11.6. The van der Waals surface area contributed by atoms with Crippen LogP contribution >= 0.6 is 23.2 Å². The van der Waals surface area contributed by atoms with E-state index in [2.05, 4.69) is 10.6 Å². The van der Waals surface area contributed by atoms with E-state index >= 15 is 0 Å². The number of hydrogen-bond donors (Lipinski definition) is 2. The summed E-state index contributed by atoms with van der Waals surface area (Å²) in [6.45, 7) is 5.75. The van der Waals surface area contributed by atoms with Crippen molar-refractivity contribution in [2.75, 3.05) is 11.9 Å². The van der Waals surface area contributed by atoms with Gasteiger partial charge in [-0.2, -0.15) is 0 Å². The van der Waals surface area contributed by atoms with Crippen LogP contribution in [0.2, 0.25) is 10.0 Å². The maximum absolute atomic E-state index is 11.7. The van der Waals surface area contributed by atoms with Crippen LogP contribution in [0.25, 0.3) is 0 Å². The van der Waals surface area contributed by atoms with Gasteiger partial charge in [-0.15, -0.1) is 0 Å². The Bertz CT molecular complexity index is 510. The third-order valence-electron chi connectivity index (χ3n) is 2.52. The van der Waals surface area contributed by atoms with Crippen LogP contribution in [0.1, 0.15) is 27.2 Å². The molecular weight excluding hydrogens is 299 g/mol. The number of hydrogen-bond acceptors (Lipinski definition) is 2. The summed E-state index contributed by atoms with van der Waals surface area (Å²) in [5.41, 5.74) is 0.117. The van der Waals surface area contributed by atoms with Gasteiger partial charge in [0.1, 0.15) is 0 Å². The summed E-state index contributed by atoms with van der Waals surface area (Å²) in [7, 11) is 0. The zero-order valence-electron chi connectivity index (χ0n) is 11.7. The molecule has 2 N–H and O–H groups in total. The number of halogens is 2. The Hall–Kier alpha value is -1.26. The molecule has 0 spiro atoms. The summed E-state index contributed by atoms with van der Waals surface area (Å²) < 4.78 is 0. The zero-order chi connectivity index (χ0) is 15.3. The van der Waals surface area contributed by atoms with Crippen molar-refractivity contribution >= 4 is 40.7 Å². The van der Waals surface area contributed by atoms with Gasteiger partial charge in [-0.1, -0.05) is 44.0 Å². The van der Waals surface area contributed by atoms with Gasteiger partial charge in [0.15, 0.2) is 0 Å². The number of anilines is 1. The third kappa shape index (κ3) is 5.39. The van der Waals surface area contributed by atoms with Gasteiger partial charge in [-0.3, -0.25) is 9.59 Å². The lowest BCUT2D eigenvalue weighted by molar-refractivity contribution is -0.128. The van der Waals surface area contributed by atoms with Crippen LogP contribution < -0.4 is 10.6 Å². The van der Waals surface area contributed by atoms with Gasteiger partial charge in [0.25, 0.3) is 0 Å². The lowest BCUT2D eigenvalue weighted by atomic mass is 9.96. The quantitative estimate of drug-likeness (QED) is 0.893. The highest BCUT2D eigenvalue weighted by Crippen LogP contribution is 2.24. The minimum atomic E-state index is -0.458. The molecule has 0 aliphatic heterocycles. The molecule has 0 aliphatic rings. The number of carbonyl (C=O) groups excluding carboxylic acids is 2. The first-order chi connectivity index (χ1) is 9.20. The number of carbonyl (C=O) groups is 2. The molecule has 0 saturated heterocycles. The Kier molecular flexibility index (Phi) is 5.84. The first kappa shape index (κ1) is 16.8. The summed E-state index contributed by atoms with van der Waals surface area (Å²) in [5, 5.41) is 6.21. The fourth-order valence-corrected chi connectivity index (χ4v) is 1.65. The van der Waals surface area contributed by atoms with Crippen molar-refractivity contribution in [2.24, 2.45) is 5.41 Å². The van der Waals surface area contributed by atoms with Gasteiger partial charge < -0.3 is 10.6 Å². The Morgan fingerprint density at radius 1 is 1.15 bits per heavy atom. The second-order valence-corrected chi connectivity index (χ2v) is 6.25. The average Bonchev–Trinajstić information content (AvgIpc) is 2.32. The summed E-state index contributed by atoms with van der Waals surface area (Å²) in [6, 6.07) is 4.86. The third-order valence-corrected chi connectivity index (χ3v) is 3.26. The highest BCUT2D eigenvalue weighted by molar-refractivity contribution is 6.42. The fourth-order valence-electron chi connectivity index (χ4n) is 1.35. The van der Waals surface area contributed by atoms with Gasteiger partial charge in [0, 0.05) is 24.1 Å². The minimum absolute atomic E-state index is 0.0835. The van der Waals surface area contributed by atoms with Crippen molar-refractivity contribution in [3.63, 3.8) is 0 Å². The molecular formula is C14H18Cl2N2O2. The molecule has 4 nitrogen and oxygen atoms in total. The van der Waals surface area contributed by atoms with Crippen molar-refractivity contribution in [1.82, 2.24) is 5.32 Å². The molecule has 1 aromatic rings. The second kappa shape index (κ2) is 6.95. The van der Waals surface area contributed by atoms with E-state index in [-0.39, 0.29) is 18.2 Å². The molecule has 0 bridgehead atoms. The van der Waals surface area contributed by atoms with Gasteiger partial charge in [0.2, 0.25) is 11.8 Å². The average molecular weight is 317 g/mol. The van der Waals surface area contributed by atoms with E-state index in [0.717, 1.165) is 0 Å². The SMILES string of the molecule is CC(C)(C)C(=O)NCCC(=O)Nc1ccc(Cl)c(Cl)c1. The largest absolute Gasteiger partial charge is 0.355 e. The van der Waals surface area contributed by atoms with Crippen molar-refractivity contribution in [3.05, 3.63) is 28.2 Å². The van der Waals surface area contributed by atoms with Crippen LogP contribution in [0.3, 0.4) is 0 Å². The minimum Gasteiger partial charge on any atom is -0.355 e. The maximum Gasteiger partial charge on any atom is 0.226 e. The number of rotatable bonds is 4. The topological polar surface area (TPSA) is 58.2 Å². The normalized spacial score (nSPS) is 11.1. The standard InChI is InChI=1S/C14H18Cl2N2O2/c1-14(2,3)13(20)17-7-6-12(19)18-9-4-5-10(15)11(16)8-9/h4-5,8H,6-7H2,1-3H3,(H,17,20)(H,18,19). The number of amides is 2. The monoisotopic (exact) mass is 316 g/mol. The zero-order valence-corrected chi connectivity index (χ0v) is 13.2. The van der Waals surface area contributed by atoms with E-state index in [1.807, 2.05) is 20.8 Å². The smallest absolute Gasteiger partial charge is 0.226 e. The highest BCUT2D eigenvalue weighted by atomic mass is 35.5. The fraction of sp³-hybridized carbons (Fsp3) is 0.429. The van der Waals surface area contributed by atoms with Crippen LogP contribution in [0.4, 0.5) is 5.69 Å². The van der Waals surface area contributed by atoms with E-state index < -0.39 is 5.41 Å². The molecule has 20 heavy (non-hydrogen) atoms. The van der Waals surface area contributed by atoms with Gasteiger partial charge in [-0.25, -0.2) is 0 Å². The molecule has 1 rings (SSSR count). The van der Waals surface area contributed by atoms with Crippen LogP contribution in [0, 0.1) is 5.41 Å². The summed E-state index contributed by atoms with van der Waals surface area (Å²) in [6.07, 6.45) is 0.196. The van der Waals surface area contributed by atoms with Crippen molar-refractivity contribution < 1.29 is 9.59 Å². The first-order valence-electron chi connectivity index (χ1n) is 6.23. The Morgan fingerprint density at radius 2 is 1.80 bits per heavy atom. The predicted octanol–water partition coefficient (Wildman–Crippen LogP) is 3.48. The number of nitrogens with one attached hydrogen (secondary N) is 2. The molecule has 0 atom stereocenters. The highest BCUT2D eigenvalue weighted by Gasteiger charge is 2.20.